The summed E-state index contributed by atoms with van der Waals surface area (Å²) in [6, 6.07) is 15.8. The van der Waals surface area contributed by atoms with Gasteiger partial charge in [0.2, 0.25) is 10.7 Å². The zero-order valence-corrected chi connectivity index (χ0v) is 19.4. The predicted molar refractivity (Wildman–Crippen MR) is 126 cm³/mol. The van der Waals surface area contributed by atoms with Gasteiger partial charge in [-0.1, -0.05) is 29.3 Å². The number of nitrogens with zero attached hydrogens (tertiary/aromatic N) is 5. The van der Waals surface area contributed by atoms with Crippen LogP contribution in [0.1, 0.15) is 18.4 Å². The van der Waals surface area contributed by atoms with Crippen molar-refractivity contribution in [3.63, 3.8) is 0 Å². The first-order valence-electron chi connectivity index (χ1n) is 10.4. The molecule has 1 aliphatic rings. The van der Waals surface area contributed by atoms with Gasteiger partial charge in [0, 0.05) is 29.4 Å². The van der Waals surface area contributed by atoms with Crippen LogP contribution in [-0.2, 0) is 11.5 Å². The van der Waals surface area contributed by atoms with Crippen LogP contribution in [0, 0.1) is 11.7 Å². The van der Waals surface area contributed by atoms with Crippen LogP contribution in [0.3, 0.4) is 0 Å². The molecule has 2 aromatic carbocycles. The fourth-order valence-corrected chi connectivity index (χ4v) is 4.20. The molecule has 6 nitrogen and oxygen atoms in total. The zero-order chi connectivity index (χ0) is 22.0. The fraction of sp³-hybridized carbons (Fsp3) is 0.348. The van der Waals surface area contributed by atoms with Crippen LogP contribution in [0.5, 0.6) is 0 Å². The first-order valence-corrected chi connectivity index (χ1v) is 11.2. The number of benzene rings is 2. The minimum atomic E-state index is 0.155. The number of hydrogen-bond donors (Lipinski definition) is 0. The molecule has 3 aromatic rings. The monoisotopic (exact) mass is 455 g/mol. The fourth-order valence-electron chi connectivity index (χ4n) is 3.79. The van der Waals surface area contributed by atoms with Crippen molar-refractivity contribution in [2.45, 2.75) is 26.4 Å². The highest BCUT2D eigenvalue weighted by Crippen LogP contribution is 2.24. The zero-order valence-electron chi connectivity index (χ0n) is 17.8. The lowest BCUT2D eigenvalue weighted by Crippen LogP contribution is -2.38. The van der Waals surface area contributed by atoms with Gasteiger partial charge in [0.05, 0.1) is 13.2 Å². The van der Waals surface area contributed by atoms with E-state index in [1.807, 2.05) is 57.8 Å². The number of amides is 1. The molecular formula is C23H26ClN5OS. The van der Waals surface area contributed by atoms with E-state index in [-0.39, 0.29) is 5.91 Å². The van der Waals surface area contributed by atoms with Crippen molar-refractivity contribution in [3.8, 4) is 17.1 Å². The Morgan fingerprint density at radius 2 is 1.74 bits per heavy atom. The SMILES string of the molecule is Cc1ccc(-n2c(-c3ccc(Cl)cc3)nn(CN(C)CC(=O)N3CCCC3)c2=S)cc1. The lowest BCUT2D eigenvalue weighted by atomic mass is 10.2. The second-order valence-corrected chi connectivity index (χ2v) is 8.83. The van der Waals surface area contributed by atoms with E-state index in [1.165, 1.54) is 5.56 Å². The summed E-state index contributed by atoms with van der Waals surface area (Å²) >= 11 is 11.9. The highest BCUT2D eigenvalue weighted by molar-refractivity contribution is 7.71. The molecule has 162 valence electrons. The molecule has 1 fully saturated rings. The maximum absolute atomic E-state index is 12.5. The quantitative estimate of drug-likeness (QED) is 0.512. The summed E-state index contributed by atoms with van der Waals surface area (Å²) in [6.07, 6.45) is 2.18. The van der Waals surface area contributed by atoms with E-state index in [1.54, 1.807) is 4.68 Å². The molecule has 2 heterocycles. The molecule has 0 unspecified atom stereocenters. The third-order valence-electron chi connectivity index (χ3n) is 5.47. The van der Waals surface area contributed by atoms with E-state index in [0.29, 0.717) is 23.0 Å². The van der Waals surface area contributed by atoms with Crippen molar-refractivity contribution >= 4 is 29.7 Å². The molecule has 31 heavy (non-hydrogen) atoms. The Kier molecular flexibility index (Phi) is 6.55. The summed E-state index contributed by atoms with van der Waals surface area (Å²) in [6.45, 7) is 4.54. The Morgan fingerprint density at radius 3 is 2.39 bits per heavy atom. The smallest absolute Gasteiger partial charge is 0.236 e. The normalized spacial score (nSPS) is 13.9. The largest absolute Gasteiger partial charge is 0.342 e. The van der Waals surface area contributed by atoms with Crippen LogP contribution in [-0.4, -0.2) is 56.7 Å². The summed E-state index contributed by atoms with van der Waals surface area (Å²) in [5.41, 5.74) is 3.05. The lowest BCUT2D eigenvalue weighted by Gasteiger charge is -2.20. The first kappa shape index (κ1) is 21.7. The maximum atomic E-state index is 12.5. The Balaban J connectivity index is 1.66. The van der Waals surface area contributed by atoms with E-state index < -0.39 is 0 Å². The van der Waals surface area contributed by atoms with Crippen LogP contribution in [0.15, 0.2) is 48.5 Å². The summed E-state index contributed by atoms with van der Waals surface area (Å²) in [5, 5.41) is 5.49. The van der Waals surface area contributed by atoms with Crippen molar-refractivity contribution in [3.05, 3.63) is 63.9 Å². The Hall–Kier alpha value is -2.48. The van der Waals surface area contributed by atoms with Gasteiger partial charge in [-0.25, -0.2) is 4.68 Å². The molecule has 0 bridgehead atoms. The van der Waals surface area contributed by atoms with Gasteiger partial charge in [-0.15, -0.1) is 5.10 Å². The molecule has 8 heteroatoms. The van der Waals surface area contributed by atoms with Gasteiger partial charge >= 0.3 is 0 Å². The minimum absolute atomic E-state index is 0.155. The number of rotatable bonds is 6. The van der Waals surface area contributed by atoms with Gasteiger partial charge in [-0.05, 0) is 75.4 Å². The van der Waals surface area contributed by atoms with Gasteiger partial charge in [0.25, 0.3) is 0 Å². The molecule has 0 saturated carbocycles. The second-order valence-electron chi connectivity index (χ2n) is 8.03. The Bertz CT molecular complexity index is 1110. The number of likely N-dealkylation sites (tertiary alicyclic amines) is 1. The average molecular weight is 456 g/mol. The lowest BCUT2D eigenvalue weighted by molar-refractivity contribution is -0.131. The van der Waals surface area contributed by atoms with Gasteiger partial charge in [0.1, 0.15) is 0 Å². The molecule has 0 spiro atoms. The van der Waals surface area contributed by atoms with Crippen molar-refractivity contribution in [2.75, 3.05) is 26.7 Å². The molecule has 0 atom stereocenters. The van der Waals surface area contributed by atoms with Crippen molar-refractivity contribution in [1.29, 1.82) is 0 Å². The summed E-state index contributed by atoms with van der Waals surface area (Å²) in [5.74, 6) is 0.896. The van der Waals surface area contributed by atoms with E-state index >= 15 is 0 Å². The Labute approximate surface area is 192 Å². The number of carbonyl (C=O) groups is 1. The minimum Gasteiger partial charge on any atom is -0.342 e. The highest BCUT2D eigenvalue weighted by Gasteiger charge is 2.20. The molecule has 1 aliphatic heterocycles. The third-order valence-corrected chi connectivity index (χ3v) is 6.12. The number of likely N-dealkylation sites (N-methyl/N-ethyl adjacent to an activating group) is 1. The van der Waals surface area contributed by atoms with Crippen LogP contribution >= 0.6 is 23.8 Å². The van der Waals surface area contributed by atoms with Crippen molar-refractivity contribution < 1.29 is 4.79 Å². The van der Waals surface area contributed by atoms with Gasteiger partial charge in [-0.2, -0.15) is 0 Å². The Morgan fingerprint density at radius 1 is 1.10 bits per heavy atom. The van der Waals surface area contributed by atoms with E-state index in [4.69, 9.17) is 28.9 Å². The molecule has 1 aromatic heterocycles. The molecule has 0 radical (unpaired) electrons. The second kappa shape index (κ2) is 9.34. The van der Waals surface area contributed by atoms with E-state index in [2.05, 4.69) is 19.1 Å². The maximum Gasteiger partial charge on any atom is 0.236 e. The summed E-state index contributed by atoms with van der Waals surface area (Å²) in [7, 11) is 1.92. The molecular weight excluding hydrogens is 430 g/mol. The summed E-state index contributed by atoms with van der Waals surface area (Å²) < 4.78 is 4.32. The number of halogens is 1. The van der Waals surface area contributed by atoms with Gasteiger partial charge in [0.15, 0.2) is 5.82 Å². The van der Waals surface area contributed by atoms with Gasteiger partial charge in [-0.3, -0.25) is 14.3 Å². The molecule has 4 rings (SSSR count). The third kappa shape index (κ3) is 4.89. The standard InChI is InChI=1S/C23H26ClN5OS/c1-17-5-11-20(12-6-17)29-22(18-7-9-19(24)10-8-18)25-28(23(29)31)16-26(2)15-21(30)27-13-3-4-14-27/h5-12H,3-4,13-16H2,1-2H3. The summed E-state index contributed by atoms with van der Waals surface area (Å²) in [4.78, 5) is 16.4. The van der Waals surface area contributed by atoms with Crippen LogP contribution < -0.4 is 0 Å². The van der Waals surface area contributed by atoms with E-state index in [0.717, 1.165) is 43.0 Å². The average Bonchev–Trinajstić information content (AvgIpc) is 3.39. The van der Waals surface area contributed by atoms with E-state index in [9.17, 15) is 4.79 Å². The van der Waals surface area contributed by atoms with Crippen LogP contribution in [0.25, 0.3) is 17.1 Å². The first-order chi connectivity index (χ1) is 14.9. The number of aryl methyl sites for hydroxylation is 1. The van der Waals surface area contributed by atoms with Crippen LogP contribution in [0.2, 0.25) is 5.02 Å². The molecule has 0 N–H and O–H groups in total. The number of aromatic nitrogens is 3. The number of hydrogen-bond acceptors (Lipinski definition) is 4. The van der Waals surface area contributed by atoms with Gasteiger partial charge < -0.3 is 4.90 Å². The highest BCUT2D eigenvalue weighted by atomic mass is 35.5. The predicted octanol–water partition coefficient (Wildman–Crippen LogP) is 4.54. The topological polar surface area (TPSA) is 46.3 Å². The van der Waals surface area contributed by atoms with Crippen molar-refractivity contribution in [1.82, 2.24) is 24.1 Å². The molecule has 1 amide bonds. The van der Waals surface area contributed by atoms with Crippen molar-refractivity contribution in [2.24, 2.45) is 0 Å². The number of carbonyl (C=O) groups excluding carboxylic acids is 1. The molecule has 0 aliphatic carbocycles. The molecule has 1 saturated heterocycles. The van der Waals surface area contributed by atoms with Crippen LogP contribution in [0.4, 0.5) is 0 Å².